The predicted molar refractivity (Wildman–Crippen MR) is 97.5 cm³/mol. The maximum atomic E-state index is 12.4. The standard InChI is InChI=1S/C17H27ClN4O4/c1-6-10-13(18)21-14(19-10)15(23)20-11-7-8-22(9-12(11)25-5)16(24)26-17(2,3)4/h11-12H,6-9H2,1-5H3,(H,19,21)(H,20,23)/t11-,12+/m0/s1. The molecule has 1 aromatic heterocycles. The molecule has 0 saturated carbocycles. The second-order valence-corrected chi connectivity index (χ2v) is 7.64. The van der Waals surface area contributed by atoms with Crippen molar-refractivity contribution in [3.63, 3.8) is 0 Å². The molecule has 1 fully saturated rings. The van der Waals surface area contributed by atoms with E-state index in [0.29, 0.717) is 31.1 Å². The Kier molecular flexibility index (Phi) is 6.52. The molecule has 1 aromatic rings. The van der Waals surface area contributed by atoms with Crippen LogP contribution < -0.4 is 5.32 Å². The molecule has 0 unspecified atom stereocenters. The number of hydrogen-bond acceptors (Lipinski definition) is 5. The van der Waals surface area contributed by atoms with Gasteiger partial charge in [0.1, 0.15) is 5.60 Å². The largest absolute Gasteiger partial charge is 0.444 e. The van der Waals surface area contributed by atoms with Crippen LogP contribution in [0.2, 0.25) is 5.15 Å². The number of nitrogens with one attached hydrogen (secondary N) is 2. The van der Waals surface area contributed by atoms with E-state index in [0.717, 1.165) is 5.69 Å². The Labute approximate surface area is 158 Å². The highest BCUT2D eigenvalue weighted by atomic mass is 35.5. The number of hydrogen-bond donors (Lipinski definition) is 2. The SMILES string of the molecule is CCc1[nH]c(C(=O)N[C@H]2CCN(C(=O)OC(C)(C)C)C[C@H]2OC)nc1Cl. The van der Waals surface area contributed by atoms with Crippen LogP contribution in [-0.2, 0) is 15.9 Å². The number of methoxy groups -OCH3 is 1. The van der Waals surface area contributed by atoms with Crippen LogP contribution in [-0.4, -0.2) is 64.8 Å². The number of ether oxygens (including phenoxy) is 2. The van der Waals surface area contributed by atoms with E-state index >= 15 is 0 Å². The van der Waals surface area contributed by atoms with Crippen LogP contribution in [0.15, 0.2) is 0 Å². The van der Waals surface area contributed by atoms with Gasteiger partial charge in [-0.25, -0.2) is 9.78 Å². The Hall–Kier alpha value is -1.80. The molecule has 1 saturated heterocycles. The summed E-state index contributed by atoms with van der Waals surface area (Å²) in [4.78, 5) is 33.2. The average molecular weight is 387 g/mol. The highest BCUT2D eigenvalue weighted by Crippen LogP contribution is 2.18. The van der Waals surface area contributed by atoms with E-state index < -0.39 is 5.60 Å². The van der Waals surface area contributed by atoms with Gasteiger partial charge in [-0.05, 0) is 33.6 Å². The first-order valence-corrected chi connectivity index (χ1v) is 9.08. The molecule has 8 nitrogen and oxygen atoms in total. The van der Waals surface area contributed by atoms with Crippen molar-refractivity contribution in [3.8, 4) is 0 Å². The normalized spacial score (nSPS) is 20.8. The Balaban J connectivity index is 1.98. The summed E-state index contributed by atoms with van der Waals surface area (Å²) >= 11 is 5.99. The molecule has 2 N–H and O–H groups in total. The summed E-state index contributed by atoms with van der Waals surface area (Å²) in [5, 5.41) is 3.22. The molecule has 0 aromatic carbocycles. The fourth-order valence-corrected chi connectivity index (χ4v) is 3.04. The zero-order chi connectivity index (χ0) is 19.5. The van der Waals surface area contributed by atoms with E-state index in [1.54, 1.807) is 12.0 Å². The molecule has 1 aliphatic rings. The number of carbonyl (C=O) groups is 2. The zero-order valence-electron chi connectivity index (χ0n) is 15.9. The van der Waals surface area contributed by atoms with E-state index in [1.807, 2.05) is 27.7 Å². The summed E-state index contributed by atoms with van der Waals surface area (Å²) < 4.78 is 10.9. The minimum atomic E-state index is -0.555. The summed E-state index contributed by atoms with van der Waals surface area (Å²) in [7, 11) is 1.56. The molecular formula is C17H27ClN4O4. The number of aromatic amines is 1. The van der Waals surface area contributed by atoms with Gasteiger partial charge in [0, 0.05) is 13.7 Å². The lowest BCUT2D eigenvalue weighted by Gasteiger charge is -2.38. The predicted octanol–water partition coefficient (Wildman–Crippen LogP) is 2.38. The van der Waals surface area contributed by atoms with Crippen LogP contribution in [0.4, 0.5) is 4.79 Å². The highest BCUT2D eigenvalue weighted by Gasteiger charge is 2.35. The maximum absolute atomic E-state index is 12.4. The van der Waals surface area contributed by atoms with Crippen molar-refractivity contribution in [1.82, 2.24) is 20.2 Å². The lowest BCUT2D eigenvalue weighted by Crippen LogP contribution is -2.56. The van der Waals surface area contributed by atoms with Crippen molar-refractivity contribution in [1.29, 1.82) is 0 Å². The van der Waals surface area contributed by atoms with Gasteiger partial charge in [0.15, 0.2) is 11.0 Å². The summed E-state index contributed by atoms with van der Waals surface area (Å²) in [6.07, 6.45) is 0.498. The molecule has 0 radical (unpaired) electrons. The molecule has 2 rings (SSSR count). The Morgan fingerprint density at radius 2 is 2.12 bits per heavy atom. The van der Waals surface area contributed by atoms with Gasteiger partial charge in [-0.1, -0.05) is 18.5 Å². The average Bonchev–Trinajstić information content (AvgIpc) is 2.94. The van der Waals surface area contributed by atoms with Crippen LogP contribution in [0.3, 0.4) is 0 Å². The second-order valence-electron chi connectivity index (χ2n) is 7.28. The van der Waals surface area contributed by atoms with Crippen LogP contribution in [0.25, 0.3) is 0 Å². The van der Waals surface area contributed by atoms with Crippen molar-refractivity contribution in [2.75, 3.05) is 20.2 Å². The van der Waals surface area contributed by atoms with Gasteiger partial charge >= 0.3 is 6.09 Å². The number of nitrogens with zero attached hydrogens (tertiary/aromatic N) is 2. The van der Waals surface area contributed by atoms with E-state index in [-0.39, 0.29) is 30.0 Å². The summed E-state index contributed by atoms with van der Waals surface area (Å²) in [6.45, 7) is 8.21. The fourth-order valence-electron chi connectivity index (χ4n) is 2.78. The van der Waals surface area contributed by atoms with Crippen molar-refractivity contribution in [3.05, 3.63) is 16.7 Å². The highest BCUT2D eigenvalue weighted by molar-refractivity contribution is 6.30. The molecule has 2 atom stereocenters. The smallest absolute Gasteiger partial charge is 0.410 e. The minimum Gasteiger partial charge on any atom is -0.444 e. The Morgan fingerprint density at radius 3 is 2.65 bits per heavy atom. The van der Waals surface area contributed by atoms with E-state index in [1.165, 1.54) is 0 Å². The number of amides is 2. The van der Waals surface area contributed by atoms with Gasteiger partial charge in [-0.15, -0.1) is 0 Å². The third-order valence-electron chi connectivity index (χ3n) is 4.13. The monoisotopic (exact) mass is 386 g/mol. The number of likely N-dealkylation sites (tertiary alicyclic amines) is 1. The number of aromatic nitrogens is 2. The van der Waals surface area contributed by atoms with Crippen molar-refractivity contribution in [2.45, 2.75) is 58.3 Å². The topological polar surface area (TPSA) is 96.6 Å². The van der Waals surface area contributed by atoms with Gasteiger partial charge in [0.2, 0.25) is 0 Å². The molecular weight excluding hydrogens is 360 g/mol. The molecule has 1 aliphatic heterocycles. The summed E-state index contributed by atoms with van der Waals surface area (Å²) in [5.41, 5.74) is 0.167. The number of carbonyl (C=O) groups excluding carboxylic acids is 2. The molecule has 2 amide bonds. The number of rotatable bonds is 4. The third kappa shape index (κ3) is 5.11. The van der Waals surface area contributed by atoms with Crippen molar-refractivity contribution in [2.24, 2.45) is 0 Å². The van der Waals surface area contributed by atoms with Gasteiger partial charge < -0.3 is 24.7 Å². The van der Waals surface area contributed by atoms with Crippen molar-refractivity contribution < 1.29 is 19.1 Å². The molecule has 2 heterocycles. The molecule has 146 valence electrons. The molecule has 26 heavy (non-hydrogen) atoms. The minimum absolute atomic E-state index is 0.177. The van der Waals surface area contributed by atoms with Gasteiger partial charge in [0.25, 0.3) is 5.91 Å². The first-order chi connectivity index (χ1) is 12.1. The summed E-state index contributed by atoms with van der Waals surface area (Å²) in [6, 6.07) is -0.236. The quantitative estimate of drug-likeness (QED) is 0.828. The molecule has 9 heteroatoms. The van der Waals surface area contributed by atoms with E-state index in [9.17, 15) is 9.59 Å². The van der Waals surface area contributed by atoms with Crippen LogP contribution >= 0.6 is 11.6 Å². The maximum Gasteiger partial charge on any atom is 0.410 e. The number of imidazole rings is 1. The fraction of sp³-hybridized carbons (Fsp3) is 0.706. The van der Waals surface area contributed by atoms with Crippen molar-refractivity contribution >= 4 is 23.6 Å². The lowest BCUT2D eigenvalue weighted by molar-refractivity contribution is -0.0172. The first kappa shape index (κ1) is 20.5. The zero-order valence-corrected chi connectivity index (χ0v) is 16.6. The van der Waals surface area contributed by atoms with E-state index in [2.05, 4.69) is 15.3 Å². The van der Waals surface area contributed by atoms with Crippen LogP contribution in [0, 0.1) is 0 Å². The molecule has 0 spiro atoms. The van der Waals surface area contributed by atoms with Crippen LogP contribution in [0.1, 0.15) is 50.4 Å². The lowest BCUT2D eigenvalue weighted by atomic mass is 10.0. The van der Waals surface area contributed by atoms with Gasteiger partial charge in [-0.2, -0.15) is 0 Å². The third-order valence-corrected chi connectivity index (χ3v) is 4.44. The Bertz CT molecular complexity index is 656. The second kappa shape index (κ2) is 8.26. The summed E-state index contributed by atoms with van der Waals surface area (Å²) in [5.74, 6) is -0.166. The Morgan fingerprint density at radius 1 is 1.42 bits per heavy atom. The first-order valence-electron chi connectivity index (χ1n) is 8.70. The number of halogens is 1. The number of aryl methyl sites for hydroxylation is 1. The van der Waals surface area contributed by atoms with Gasteiger partial charge in [-0.3, -0.25) is 4.79 Å². The number of H-pyrrole nitrogens is 1. The van der Waals surface area contributed by atoms with E-state index in [4.69, 9.17) is 21.1 Å². The van der Waals surface area contributed by atoms with Crippen LogP contribution in [0.5, 0.6) is 0 Å². The van der Waals surface area contributed by atoms with Gasteiger partial charge in [0.05, 0.1) is 24.4 Å². The number of piperidine rings is 1. The molecule has 0 bridgehead atoms. The molecule has 0 aliphatic carbocycles.